The van der Waals surface area contributed by atoms with Crippen LogP contribution in [0.25, 0.3) is 0 Å². The predicted molar refractivity (Wildman–Crippen MR) is 76.7 cm³/mol. The van der Waals surface area contributed by atoms with Crippen molar-refractivity contribution in [1.29, 1.82) is 0 Å². The van der Waals surface area contributed by atoms with Crippen LogP contribution in [0.5, 0.6) is 0 Å². The molecule has 1 aliphatic rings. The van der Waals surface area contributed by atoms with Crippen molar-refractivity contribution in [3.63, 3.8) is 0 Å². The molecule has 7 nitrogen and oxygen atoms in total. The number of nitrogens with one attached hydrogen (secondary N) is 1. The van der Waals surface area contributed by atoms with Gasteiger partial charge in [-0.1, -0.05) is 0 Å². The van der Waals surface area contributed by atoms with E-state index in [9.17, 15) is 13.0 Å². The van der Waals surface area contributed by atoms with Gasteiger partial charge < -0.3 is 4.52 Å². The molecule has 1 atom stereocenters. The fraction of sp³-hybridized carbons (Fsp3) is 1.00. The summed E-state index contributed by atoms with van der Waals surface area (Å²) in [6.07, 6.45) is 1.61. The number of rotatable bonds is 5. The summed E-state index contributed by atoms with van der Waals surface area (Å²) in [5.41, 5.74) is 0. The fourth-order valence-corrected chi connectivity index (χ4v) is 3.86. The van der Waals surface area contributed by atoms with E-state index in [-0.39, 0.29) is 0 Å². The van der Waals surface area contributed by atoms with Gasteiger partial charge in [-0.15, -0.1) is 23.2 Å². The van der Waals surface area contributed by atoms with E-state index >= 15 is 0 Å². The van der Waals surface area contributed by atoms with Crippen LogP contribution in [0.1, 0.15) is 6.42 Å². The zero-order valence-corrected chi connectivity index (χ0v) is 13.8. The molecule has 116 valence electrons. The molecule has 11 heteroatoms. The highest BCUT2D eigenvalue weighted by molar-refractivity contribution is 7.85. The number of halogens is 2. The average molecular weight is 357 g/mol. The fourth-order valence-electron chi connectivity index (χ4n) is 1.32. The molecule has 1 rings (SSSR count). The third-order valence-corrected chi connectivity index (χ3v) is 4.61. The lowest BCUT2D eigenvalue weighted by atomic mass is 10.4. The molecule has 0 radical (unpaired) electrons. The first-order valence-electron chi connectivity index (χ1n) is 5.52. The van der Waals surface area contributed by atoms with Crippen molar-refractivity contribution in [2.24, 2.45) is 0 Å². The first-order valence-corrected chi connectivity index (χ1v) is 10.0. The third-order valence-electron chi connectivity index (χ3n) is 1.95. The summed E-state index contributed by atoms with van der Waals surface area (Å²) in [6.45, 7) is 2.36. The Bertz CT molecular complexity index is 385. The van der Waals surface area contributed by atoms with Crippen LogP contribution in [0, 0.1) is 0 Å². The standard InChI is InChI=1S/C7H15Cl2N2O2P.CH4O3S/c8-2-4-10-14(12)11(6-3-9)5-1-7-13-14;1-5(2,3)4/h1-7H2,(H,10,12);1H3,(H,2,3,4). The Morgan fingerprint density at radius 2 is 2.00 bits per heavy atom. The van der Waals surface area contributed by atoms with Gasteiger partial charge in [0, 0.05) is 31.4 Å². The molecule has 1 unspecified atom stereocenters. The van der Waals surface area contributed by atoms with Crippen molar-refractivity contribution in [3.8, 4) is 0 Å². The average Bonchev–Trinajstić information content (AvgIpc) is 2.28. The Morgan fingerprint density at radius 3 is 2.47 bits per heavy atom. The molecule has 0 aliphatic carbocycles. The van der Waals surface area contributed by atoms with Gasteiger partial charge in [-0.05, 0) is 6.42 Å². The molecule has 0 aromatic heterocycles. The first kappa shape index (κ1) is 19.6. The minimum atomic E-state index is -3.67. The van der Waals surface area contributed by atoms with Gasteiger partial charge in [0.2, 0.25) is 0 Å². The van der Waals surface area contributed by atoms with E-state index in [1.54, 1.807) is 4.67 Å². The lowest BCUT2D eigenvalue weighted by Crippen LogP contribution is -2.36. The molecule has 0 saturated carbocycles. The molecular formula is C8H19Cl2N2O5PS. The van der Waals surface area contributed by atoms with E-state index in [1.807, 2.05) is 0 Å². The molecular weight excluding hydrogens is 338 g/mol. The number of alkyl halides is 2. The molecule has 0 aromatic rings. The number of hydrogen-bond donors (Lipinski definition) is 2. The largest absolute Gasteiger partial charge is 0.343 e. The van der Waals surface area contributed by atoms with Crippen LogP contribution in [0.15, 0.2) is 0 Å². The quantitative estimate of drug-likeness (QED) is 0.436. The number of nitrogens with zero attached hydrogens (tertiary/aromatic N) is 1. The molecule has 1 fully saturated rings. The lowest BCUT2D eigenvalue weighted by Gasteiger charge is -2.34. The maximum Gasteiger partial charge on any atom is 0.343 e. The van der Waals surface area contributed by atoms with Crippen molar-refractivity contribution in [3.05, 3.63) is 0 Å². The Kier molecular flexibility index (Phi) is 9.82. The highest BCUT2D eigenvalue weighted by atomic mass is 35.5. The normalized spacial score (nSPS) is 24.6. The minimum absolute atomic E-state index is 0.419. The molecule has 19 heavy (non-hydrogen) atoms. The molecule has 1 aliphatic heterocycles. The Morgan fingerprint density at radius 1 is 1.42 bits per heavy atom. The van der Waals surface area contributed by atoms with E-state index in [0.29, 0.717) is 37.7 Å². The maximum atomic E-state index is 12.2. The highest BCUT2D eigenvalue weighted by Gasteiger charge is 2.33. The molecule has 0 bridgehead atoms. The van der Waals surface area contributed by atoms with Crippen LogP contribution in [-0.2, 0) is 19.2 Å². The Labute approximate surface area is 123 Å². The summed E-state index contributed by atoms with van der Waals surface area (Å²) < 4.78 is 45.1. The van der Waals surface area contributed by atoms with E-state index in [4.69, 9.17) is 32.3 Å². The van der Waals surface area contributed by atoms with Crippen LogP contribution in [-0.4, -0.2) is 61.9 Å². The van der Waals surface area contributed by atoms with Gasteiger partial charge in [-0.2, -0.15) is 8.42 Å². The summed E-state index contributed by atoms with van der Waals surface area (Å²) in [6, 6.07) is 0. The minimum Gasteiger partial charge on any atom is -0.306 e. The van der Waals surface area contributed by atoms with Gasteiger partial charge in [-0.25, -0.2) is 9.76 Å². The summed E-state index contributed by atoms with van der Waals surface area (Å²) >= 11 is 11.1. The van der Waals surface area contributed by atoms with Crippen molar-refractivity contribution in [2.75, 3.05) is 44.3 Å². The van der Waals surface area contributed by atoms with Gasteiger partial charge in [0.15, 0.2) is 0 Å². The van der Waals surface area contributed by atoms with E-state index < -0.39 is 17.8 Å². The summed E-state index contributed by atoms with van der Waals surface area (Å²) in [7, 11) is -6.51. The molecule has 1 saturated heterocycles. The second-order valence-electron chi connectivity index (χ2n) is 3.68. The third kappa shape index (κ3) is 10.0. The molecule has 2 N–H and O–H groups in total. The van der Waals surface area contributed by atoms with Gasteiger partial charge in [0.05, 0.1) is 12.9 Å². The monoisotopic (exact) mass is 356 g/mol. The predicted octanol–water partition coefficient (Wildman–Crippen LogP) is 1.39. The van der Waals surface area contributed by atoms with Crippen LogP contribution in [0.3, 0.4) is 0 Å². The zero-order valence-electron chi connectivity index (χ0n) is 10.6. The van der Waals surface area contributed by atoms with Crippen LogP contribution in [0.4, 0.5) is 0 Å². The molecule has 0 spiro atoms. The van der Waals surface area contributed by atoms with Crippen molar-refractivity contribution < 1.29 is 22.1 Å². The summed E-state index contributed by atoms with van der Waals surface area (Å²) in [5.74, 6) is 0.873. The van der Waals surface area contributed by atoms with Gasteiger partial charge >= 0.3 is 7.67 Å². The molecule has 1 heterocycles. The van der Waals surface area contributed by atoms with Crippen molar-refractivity contribution in [2.45, 2.75) is 6.42 Å². The number of hydrogen-bond acceptors (Lipinski definition) is 4. The zero-order chi connectivity index (χ0) is 14.9. The van der Waals surface area contributed by atoms with E-state index in [0.717, 1.165) is 13.0 Å². The highest BCUT2D eigenvalue weighted by Crippen LogP contribution is 2.48. The van der Waals surface area contributed by atoms with Crippen LogP contribution in [0.2, 0.25) is 0 Å². The molecule has 0 aromatic carbocycles. The Hall–Kier alpha value is 0.600. The first-order chi connectivity index (χ1) is 8.73. The topological polar surface area (TPSA) is 95.9 Å². The maximum absolute atomic E-state index is 12.2. The van der Waals surface area contributed by atoms with Crippen molar-refractivity contribution in [1.82, 2.24) is 9.76 Å². The molecule has 0 amide bonds. The smallest absolute Gasteiger partial charge is 0.306 e. The second kappa shape index (κ2) is 9.52. The van der Waals surface area contributed by atoms with E-state index in [1.165, 1.54) is 0 Å². The lowest BCUT2D eigenvalue weighted by molar-refractivity contribution is 0.203. The van der Waals surface area contributed by atoms with Crippen molar-refractivity contribution >= 4 is 41.0 Å². The Balaban J connectivity index is 0.000000555. The van der Waals surface area contributed by atoms with Gasteiger partial charge in [0.1, 0.15) is 0 Å². The van der Waals surface area contributed by atoms with Crippen LogP contribution < -0.4 is 5.09 Å². The SMILES string of the molecule is CS(=O)(=O)O.O=P1(NCCCl)OCCCN1CCCl. The second-order valence-corrected chi connectivity index (χ2v) is 8.08. The summed E-state index contributed by atoms with van der Waals surface area (Å²) in [5, 5.41) is 2.85. The van der Waals surface area contributed by atoms with E-state index in [2.05, 4.69) is 5.09 Å². The van der Waals surface area contributed by atoms with Gasteiger partial charge in [-0.3, -0.25) is 9.12 Å². The van der Waals surface area contributed by atoms with Gasteiger partial charge in [0.25, 0.3) is 10.1 Å². The summed E-state index contributed by atoms with van der Waals surface area (Å²) in [4.78, 5) is 0. The van der Waals surface area contributed by atoms with Crippen LogP contribution >= 0.6 is 30.9 Å².